The van der Waals surface area contributed by atoms with Gasteiger partial charge in [-0.15, -0.1) is 0 Å². The minimum Gasteiger partial charge on any atom is -0.385 e. The quantitative estimate of drug-likeness (QED) is 0.652. The Kier molecular flexibility index (Phi) is 8.05. The van der Waals surface area contributed by atoms with Gasteiger partial charge in [0.15, 0.2) is 0 Å². The van der Waals surface area contributed by atoms with E-state index in [1.807, 2.05) is 34.6 Å². The molecule has 2 N–H and O–H groups in total. The maximum absolute atomic E-state index is 12.7. The highest BCUT2D eigenvalue weighted by Crippen LogP contribution is 2.29. The zero-order chi connectivity index (χ0) is 19.2. The Balaban J connectivity index is 2.76. The van der Waals surface area contributed by atoms with Crippen LogP contribution in [0.1, 0.15) is 40.7 Å². The normalized spacial score (nSPS) is 11.6. The molecular formula is C18H30N2O4S. The van der Waals surface area contributed by atoms with E-state index in [1.165, 1.54) is 0 Å². The summed E-state index contributed by atoms with van der Waals surface area (Å²) in [6.45, 7) is 10.7. The molecule has 142 valence electrons. The maximum atomic E-state index is 12.7. The molecule has 1 aromatic rings. The van der Waals surface area contributed by atoms with Gasteiger partial charge in [-0.1, -0.05) is 0 Å². The molecule has 0 aliphatic carbocycles. The van der Waals surface area contributed by atoms with E-state index in [0.29, 0.717) is 18.0 Å². The maximum Gasteiger partial charge on any atom is 0.241 e. The van der Waals surface area contributed by atoms with Crippen molar-refractivity contribution in [2.24, 2.45) is 0 Å². The van der Waals surface area contributed by atoms with Crippen molar-refractivity contribution in [3.8, 4) is 0 Å². The van der Waals surface area contributed by atoms with Crippen LogP contribution in [0.5, 0.6) is 0 Å². The molecule has 0 aliphatic rings. The molecule has 0 aliphatic heterocycles. The molecule has 0 spiro atoms. The molecule has 25 heavy (non-hydrogen) atoms. The molecule has 0 bridgehead atoms. The van der Waals surface area contributed by atoms with Gasteiger partial charge in [0.05, 0.1) is 4.90 Å². The summed E-state index contributed by atoms with van der Waals surface area (Å²) in [6.07, 6.45) is 0.836. The fourth-order valence-corrected chi connectivity index (χ4v) is 4.40. The van der Waals surface area contributed by atoms with E-state index in [2.05, 4.69) is 10.0 Å². The van der Waals surface area contributed by atoms with Crippen molar-refractivity contribution in [2.45, 2.75) is 52.4 Å². The van der Waals surface area contributed by atoms with Gasteiger partial charge in [-0.05, 0) is 68.9 Å². The van der Waals surface area contributed by atoms with E-state index < -0.39 is 10.0 Å². The fourth-order valence-electron chi connectivity index (χ4n) is 2.77. The van der Waals surface area contributed by atoms with Gasteiger partial charge in [0.2, 0.25) is 15.9 Å². The number of hydrogen-bond donors (Lipinski definition) is 2. The predicted molar refractivity (Wildman–Crippen MR) is 99.4 cm³/mol. The summed E-state index contributed by atoms with van der Waals surface area (Å²) in [5, 5.41) is 2.74. The SMILES string of the molecule is COCCCNC(=O)CCNS(=O)(=O)c1c(C)c(C)c(C)c(C)c1C. The Labute approximate surface area is 151 Å². The van der Waals surface area contributed by atoms with Crippen LogP contribution < -0.4 is 10.0 Å². The van der Waals surface area contributed by atoms with Crippen LogP contribution in [0, 0.1) is 34.6 Å². The zero-order valence-electron chi connectivity index (χ0n) is 16.1. The second kappa shape index (κ2) is 9.31. The first-order valence-electron chi connectivity index (χ1n) is 8.45. The van der Waals surface area contributed by atoms with Gasteiger partial charge in [-0.2, -0.15) is 0 Å². The molecular weight excluding hydrogens is 340 g/mol. The number of carbonyl (C=O) groups is 1. The van der Waals surface area contributed by atoms with Gasteiger partial charge in [-0.3, -0.25) is 4.79 Å². The van der Waals surface area contributed by atoms with Crippen LogP contribution >= 0.6 is 0 Å². The minimum absolute atomic E-state index is 0.0727. The minimum atomic E-state index is -3.66. The number of benzene rings is 1. The lowest BCUT2D eigenvalue weighted by molar-refractivity contribution is -0.120. The molecule has 0 atom stereocenters. The summed E-state index contributed by atoms with van der Waals surface area (Å²) in [6, 6.07) is 0. The molecule has 1 amide bonds. The topological polar surface area (TPSA) is 84.5 Å². The van der Waals surface area contributed by atoms with Gasteiger partial charge in [0, 0.05) is 33.2 Å². The highest BCUT2D eigenvalue weighted by molar-refractivity contribution is 7.89. The third-order valence-corrected chi connectivity index (χ3v) is 6.43. The lowest BCUT2D eigenvalue weighted by Gasteiger charge is -2.19. The van der Waals surface area contributed by atoms with E-state index in [0.717, 1.165) is 34.2 Å². The largest absolute Gasteiger partial charge is 0.385 e. The molecule has 0 saturated carbocycles. The fraction of sp³-hybridized carbons (Fsp3) is 0.611. The molecule has 0 unspecified atom stereocenters. The molecule has 6 nitrogen and oxygen atoms in total. The van der Waals surface area contributed by atoms with E-state index in [4.69, 9.17) is 4.74 Å². The number of nitrogens with one attached hydrogen (secondary N) is 2. The molecule has 0 fully saturated rings. The third-order valence-electron chi connectivity index (χ3n) is 4.69. The Bertz CT molecular complexity index is 698. The molecule has 0 saturated heterocycles. The van der Waals surface area contributed by atoms with Crippen molar-refractivity contribution in [1.29, 1.82) is 0 Å². The summed E-state index contributed by atoms with van der Waals surface area (Å²) in [5.41, 5.74) is 4.61. The highest BCUT2D eigenvalue weighted by Gasteiger charge is 2.23. The number of ether oxygens (including phenoxy) is 1. The highest BCUT2D eigenvalue weighted by atomic mass is 32.2. The van der Waals surface area contributed by atoms with Crippen LogP contribution in [-0.4, -0.2) is 41.1 Å². The molecule has 0 radical (unpaired) electrons. The first kappa shape index (κ1) is 21.6. The van der Waals surface area contributed by atoms with Crippen LogP contribution in [0.2, 0.25) is 0 Å². The Morgan fingerprint density at radius 1 is 0.920 bits per heavy atom. The average molecular weight is 371 g/mol. The molecule has 7 heteroatoms. The lowest BCUT2D eigenvalue weighted by Crippen LogP contribution is -2.32. The van der Waals surface area contributed by atoms with Crippen LogP contribution in [-0.2, 0) is 19.6 Å². The van der Waals surface area contributed by atoms with Crippen molar-refractivity contribution in [2.75, 3.05) is 26.8 Å². The Morgan fingerprint density at radius 2 is 1.44 bits per heavy atom. The summed E-state index contributed by atoms with van der Waals surface area (Å²) >= 11 is 0. The lowest BCUT2D eigenvalue weighted by atomic mass is 9.95. The number of methoxy groups -OCH3 is 1. The second-order valence-electron chi connectivity index (χ2n) is 6.30. The van der Waals surface area contributed by atoms with Crippen LogP contribution in [0.4, 0.5) is 0 Å². The van der Waals surface area contributed by atoms with Crippen molar-refractivity contribution < 1.29 is 17.9 Å². The predicted octanol–water partition coefficient (Wildman–Crippen LogP) is 2.05. The van der Waals surface area contributed by atoms with Crippen molar-refractivity contribution >= 4 is 15.9 Å². The zero-order valence-corrected chi connectivity index (χ0v) is 16.9. The van der Waals surface area contributed by atoms with Gasteiger partial charge < -0.3 is 10.1 Å². The van der Waals surface area contributed by atoms with E-state index in [-0.39, 0.29) is 18.9 Å². The van der Waals surface area contributed by atoms with Gasteiger partial charge in [-0.25, -0.2) is 13.1 Å². The standard InChI is InChI=1S/C18H30N2O4S/c1-12-13(2)15(4)18(16(5)14(12)3)25(22,23)20-10-8-17(21)19-9-7-11-24-6/h20H,7-11H2,1-6H3,(H,19,21). The third kappa shape index (κ3) is 5.52. The van der Waals surface area contributed by atoms with Gasteiger partial charge >= 0.3 is 0 Å². The number of hydrogen-bond acceptors (Lipinski definition) is 4. The Morgan fingerprint density at radius 3 is 1.96 bits per heavy atom. The first-order chi connectivity index (χ1) is 11.6. The van der Waals surface area contributed by atoms with Crippen LogP contribution in [0.15, 0.2) is 4.90 Å². The molecule has 0 aromatic heterocycles. The average Bonchev–Trinajstić information content (AvgIpc) is 2.55. The summed E-state index contributed by atoms with van der Waals surface area (Å²) in [5.74, 6) is -0.177. The van der Waals surface area contributed by atoms with Crippen LogP contribution in [0.3, 0.4) is 0 Å². The number of sulfonamides is 1. The summed E-state index contributed by atoms with van der Waals surface area (Å²) in [7, 11) is -2.05. The second-order valence-corrected chi connectivity index (χ2v) is 8.00. The number of carbonyl (C=O) groups excluding carboxylic acids is 1. The van der Waals surface area contributed by atoms with Crippen LogP contribution in [0.25, 0.3) is 0 Å². The Hall–Kier alpha value is -1.44. The van der Waals surface area contributed by atoms with Gasteiger partial charge in [0.1, 0.15) is 0 Å². The number of amides is 1. The number of rotatable bonds is 9. The monoisotopic (exact) mass is 370 g/mol. The van der Waals surface area contributed by atoms with Gasteiger partial charge in [0.25, 0.3) is 0 Å². The van der Waals surface area contributed by atoms with E-state index >= 15 is 0 Å². The summed E-state index contributed by atoms with van der Waals surface area (Å²) < 4.78 is 32.9. The molecule has 1 aromatic carbocycles. The van der Waals surface area contributed by atoms with Crippen molar-refractivity contribution in [3.63, 3.8) is 0 Å². The summed E-state index contributed by atoms with van der Waals surface area (Å²) in [4.78, 5) is 12.1. The molecule has 0 heterocycles. The smallest absolute Gasteiger partial charge is 0.241 e. The van der Waals surface area contributed by atoms with E-state index in [9.17, 15) is 13.2 Å². The van der Waals surface area contributed by atoms with E-state index in [1.54, 1.807) is 7.11 Å². The first-order valence-corrected chi connectivity index (χ1v) is 9.94. The molecule has 1 rings (SSSR count). The van der Waals surface area contributed by atoms with Crippen molar-refractivity contribution in [3.05, 3.63) is 27.8 Å². The van der Waals surface area contributed by atoms with Crippen molar-refractivity contribution in [1.82, 2.24) is 10.0 Å².